The van der Waals surface area contributed by atoms with Crippen molar-refractivity contribution in [2.24, 2.45) is 11.8 Å². The van der Waals surface area contributed by atoms with Gasteiger partial charge in [-0.25, -0.2) is 0 Å². The largest absolute Gasteiger partial charge is 0.342 e. The van der Waals surface area contributed by atoms with Gasteiger partial charge in [-0.05, 0) is 24.7 Å². The van der Waals surface area contributed by atoms with Gasteiger partial charge in [0.2, 0.25) is 11.8 Å². The summed E-state index contributed by atoms with van der Waals surface area (Å²) in [5, 5.41) is 2.89. The van der Waals surface area contributed by atoms with Crippen LogP contribution in [-0.2, 0) is 9.59 Å². The Labute approximate surface area is 96.4 Å². The number of piperazine rings is 1. The van der Waals surface area contributed by atoms with E-state index in [1.807, 2.05) is 13.8 Å². The smallest absolute Gasteiger partial charge is 0.245 e. The number of carbonyl (C=O) groups is 2. The Kier molecular flexibility index (Phi) is 2.91. The van der Waals surface area contributed by atoms with E-state index < -0.39 is 0 Å². The molecule has 4 nitrogen and oxygen atoms in total. The summed E-state index contributed by atoms with van der Waals surface area (Å²) in [4.78, 5) is 25.7. The number of amides is 2. The van der Waals surface area contributed by atoms with Crippen molar-refractivity contribution < 1.29 is 9.59 Å². The first-order chi connectivity index (χ1) is 7.56. The molecule has 2 amide bonds. The molecule has 0 bridgehead atoms. The van der Waals surface area contributed by atoms with Crippen molar-refractivity contribution >= 4 is 11.8 Å². The lowest BCUT2D eigenvalue weighted by Crippen LogP contribution is -2.64. The number of likely N-dealkylation sites (N-methyl/N-ethyl adjacent to an activating group) is 1. The maximum atomic E-state index is 12.1. The predicted octanol–water partition coefficient (Wildman–Crippen LogP) is 0.768. The second-order valence-corrected chi connectivity index (χ2v) is 5.10. The summed E-state index contributed by atoms with van der Waals surface area (Å²) >= 11 is 0. The van der Waals surface area contributed by atoms with E-state index in [1.165, 1.54) is 0 Å². The maximum absolute atomic E-state index is 12.1. The number of nitrogens with zero attached hydrogens (tertiary/aromatic N) is 1. The monoisotopic (exact) mass is 224 g/mol. The summed E-state index contributed by atoms with van der Waals surface area (Å²) in [5.74, 6) is 0.714. The van der Waals surface area contributed by atoms with Gasteiger partial charge < -0.3 is 10.2 Å². The zero-order valence-corrected chi connectivity index (χ0v) is 10.2. The van der Waals surface area contributed by atoms with E-state index in [-0.39, 0.29) is 29.8 Å². The van der Waals surface area contributed by atoms with Crippen LogP contribution in [0.15, 0.2) is 0 Å². The molecule has 0 aromatic heterocycles. The molecule has 0 aromatic rings. The number of hydrogen-bond donors (Lipinski definition) is 1. The summed E-state index contributed by atoms with van der Waals surface area (Å²) in [6.07, 6.45) is 3.05. The molecule has 0 aromatic carbocycles. The summed E-state index contributed by atoms with van der Waals surface area (Å²) < 4.78 is 0. The number of carbonyl (C=O) groups excluding carboxylic acids is 2. The van der Waals surface area contributed by atoms with Crippen LogP contribution in [0.2, 0.25) is 0 Å². The highest BCUT2D eigenvalue weighted by Gasteiger charge is 2.47. The lowest BCUT2D eigenvalue weighted by molar-refractivity contribution is -0.150. The third-order valence-electron chi connectivity index (χ3n) is 3.88. The van der Waals surface area contributed by atoms with Gasteiger partial charge in [0.05, 0.1) is 0 Å². The van der Waals surface area contributed by atoms with Crippen molar-refractivity contribution in [2.75, 3.05) is 7.05 Å². The summed E-state index contributed by atoms with van der Waals surface area (Å²) in [6, 6.07) is -0.537. The molecule has 16 heavy (non-hydrogen) atoms. The first kappa shape index (κ1) is 11.4. The van der Waals surface area contributed by atoms with Crippen LogP contribution >= 0.6 is 0 Å². The Morgan fingerprint density at radius 1 is 1.44 bits per heavy atom. The fourth-order valence-corrected chi connectivity index (χ4v) is 2.40. The first-order valence-corrected chi connectivity index (χ1v) is 6.13. The van der Waals surface area contributed by atoms with Crippen molar-refractivity contribution in [2.45, 2.75) is 45.2 Å². The highest BCUT2D eigenvalue weighted by atomic mass is 16.2. The molecule has 90 valence electrons. The highest BCUT2D eigenvalue weighted by molar-refractivity contribution is 5.97. The molecular formula is C12H20N2O2. The molecule has 1 aliphatic heterocycles. The second kappa shape index (κ2) is 4.07. The van der Waals surface area contributed by atoms with Crippen molar-refractivity contribution in [1.82, 2.24) is 10.2 Å². The van der Waals surface area contributed by atoms with Crippen LogP contribution in [-0.4, -0.2) is 35.8 Å². The Morgan fingerprint density at radius 2 is 2.06 bits per heavy atom. The van der Waals surface area contributed by atoms with Gasteiger partial charge >= 0.3 is 0 Å². The molecule has 1 heterocycles. The Morgan fingerprint density at radius 3 is 2.56 bits per heavy atom. The molecule has 2 fully saturated rings. The predicted molar refractivity (Wildman–Crippen MR) is 60.7 cm³/mol. The van der Waals surface area contributed by atoms with E-state index in [4.69, 9.17) is 0 Å². The molecule has 0 spiro atoms. The van der Waals surface area contributed by atoms with Crippen molar-refractivity contribution in [3.8, 4) is 0 Å². The second-order valence-electron chi connectivity index (χ2n) is 5.10. The van der Waals surface area contributed by atoms with Crippen molar-refractivity contribution in [3.63, 3.8) is 0 Å². The molecule has 2 aliphatic rings. The van der Waals surface area contributed by atoms with E-state index in [9.17, 15) is 9.59 Å². The van der Waals surface area contributed by atoms with Gasteiger partial charge in [-0.1, -0.05) is 20.3 Å². The SMILES string of the molecule is CCC(C)C1NC(=O)C(C2CC2)N(C)C1=O. The molecule has 3 unspecified atom stereocenters. The van der Waals surface area contributed by atoms with E-state index in [0.717, 1.165) is 19.3 Å². The maximum Gasteiger partial charge on any atom is 0.245 e. The topological polar surface area (TPSA) is 49.4 Å². The minimum atomic E-state index is -0.322. The Bertz CT molecular complexity index is 312. The summed E-state index contributed by atoms with van der Waals surface area (Å²) in [7, 11) is 1.76. The minimum Gasteiger partial charge on any atom is -0.342 e. The molecule has 1 saturated carbocycles. The van der Waals surface area contributed by atoms with E-state index >= 15 is 0 Å². The van der Waals surface area contributed by atoms with Crippen LogP contribution in [0.3, 0.4) is 0 Å². The first-order valence-electron chi connectivity index (χ1n) is 6.13. The number of rotatable bonds is 3. The quantitative estimate of drug-likeness (QED) is 0.769. The lowest BCUT2D eigenvalue weighted by Gasteiger charge is -2.38. The van der Waals surface area contributed by atoms with Gasteiger partial charge in [-0.3, -0.25) is 9.59 Å². The number of hydrogen-bond acceptors (Lipinski definition) is 2. The normalized spacial score (nSPS) is 32.6. The van der Waals surface area contributed by atoms with Gasteiger partial charge in [0.1, 0.15) is 12.1 Å². The summed E-state index contributed by atoms with van der Waals surface area (Å²) in [6.45, 7) is 4.05. The molecule has 2 rings (SSSR count). The van der Waals surface area contributed by atoms with Crippen LogP contribution in [0, 0.1) is 11.8 Å². The third-order valence-corrected chi connectivity index (χ3v) is 3.88. The highest BCUT2D eigenvalue weighted by Crippen LogP contribution is 2.36. The minimum absolute atomic E-state index is 0.0369. The fourth-order valence-electron chi connectivity index (χ4n) is 2.40. The van der Waals surface area contributed by atoms with Crippen molar-refractivity contribution in [3.05, 3.63) is 0 Å². The zero-order valence-electron chi connectivity index (χ0n) is 10.2. The van der Waals surface area contributed by atoms with E-state index in [2.05, 4.69) is 5.32 Å². The van der Waals surface area contributed by atoms with E-state index in [1.54, 1.807) is 11.9 Å². The van der Waals surface area contributed by atoms with Crippen LogP contribution < -0.4 is 5.32 Å². The molecule has 4 heteroatoms. The van der Waals surface area contributed by atoms with Gasteiger partial charge in [0.25, 0.3) is 0 Å². The molecule has 1 saturated heterocycles. The fraction of sp³-hybridized carbons (Fsp3) is 0.833. The summed E-state index contributed by atoms with van der Waals surface area (Å²) in [5.41, 5.74) is 0. The van der Waals surface area contributed by atoms with Gasteiger partial charge in [0.15, 0.2) is 0 Å². The van der Waals surface area contributed by atoms with Crippen molar-refractivity contribution in [1.29, 1.82) is 0 Å². The zero-order chi connectivity index (χ0) is 11.9. The average molecular weight is 224 g/mol. The standard InChI is InChI=1S/C12H20N2O2/c1-4-7(2)9-12(16)14(3)10(8-5-6-8)11(15)13-9/h7-10H,4-6H2,1-3H3,(H,13,15). The van der Waals surface area contributed by atoms with Gasteiger partial charge in [0, 0.05) is 7.05 Å². The molecule has 0 radical (unpaired) electrons. The Hall–Kier alpha value is -1.06. The molecule has 1 aliphatic carbocycles. The van der Waals surface area contributed by atoms with Gasteiger partial charge in [-0.2, -0.15) is 0 Å². The molecule has 1 N–H and O–H groups in total. The Balaban J connectivity index is 2.13. The van der Waals surface area contributed by atoms with Crippen LogP contribution in [0.5, 0.6) is 0 Å². The van der Waals surface area contributed by atoms with Crippen LogP contribution in [0.1, 0.15) is 33.1 Å². The van der Waals surface area contributed by atoms with Crippen LogP contribution in [0.4, 0.5) is 0 Å². The number of nitrogens with one attached hydrogen (secondary N) is 1. The molecular weight excluding hydrogens is 204 g/mol. The van der Waals surface area contributed by atoms with E-state index in [0.29, 0.717) is 5.92 Å². The van der Waals surface area contributed by atoms with Crippen LogP contribution in [0.25, 0.3) is 0 Å². The van der Waals surface area contributed by atoms with Gasteiger partial charge in [-0.15, -0.1) is 0 Å². The molecule has 3 atom stereocenters. The third kappa shape index (κ3) is 1.81. The average Bonchev–Trinajstić information content (AvgIpc) is 3.06. The lowest BCUT2D eigenvalue weighted by atomic mass is 9.93.